The molecule has 66 valence electrons. The first-order valence-corrected chi connectivity index (χ1v) is 4.42. The lowest BCUT2D eigenvalue weighted by Crippen LogP contribution is -1.97. The monoisotopic (exact) mass is 156 g/mol. The summed E-state index contributed by atoms with van der Waals surface area (Å²) in [6.07, 6.45) is 4.51. The molecule has 0 aliphatic rings. The number of allylic oxidation sites excluding steroid dienone is 1. The second kappa shape index (κ2) is 6.41. The van der Waals surface area contributed by atoms with Gasteiger partial charge in [-0.2, -0.15) is 0 Å². The molecule has 0 fully saturated rings. The van der Waals surface area contributed by atoms with E-state index in [1.54, 1.807) is 0 Å². The third-order valence-electron chi connectivity index (χ3n) is 1.92. The van der Waals surface area contributed by atoms with E-state index in [1.165, 1.54) is 18.4 Å². The highest BCUT2D eigenvalue weighted by atomic mass is 16.2. The Bertz CT molecular complexity index is 107. The first kappa shape index (κ1) is 10.7. The van der Waals surface area contributed by atoms with Gasteiger partial charge in [0, 0.05) is 6.61 Å². The van der Waals surface area contributed by atoms with Crippen molar-refractivity contribution in [1.29, 1.82) is 0 Å². The van der Waals surface area contributed by atoms with Crippen LogP contribution in [0.3, 0.4) is 0 Å². The van der Waals surface area contributed by atoms with E-state index in [9.17, 15) is 0 Å². The second-order valence-corrected chi connectivity index (χ2v) is 3.47. The van der Waals surface area contributed by atoms with Crippen molar-refractivity contribution in [3.63, 3.8) is 0 Å². The molecule has 0 radical (unpaired) electrons. The Labute approximate surface area is 70.1 Å². The topological polar surface area (TPSA) is 20.2 Å². The van der Waals surface area contributed by atoms with Gasteiger partial charge in [0.25, 0.3) is 0 Å². The molecule has 0 spiro atoms. The van der Waals surface area contributed by atoms with Crippen molar-refractivity contribution in [3.8, 4) is 0 Å². The minimum Gasteiger partial charge on any atom is -0.396 e. The lowest BCUT2D eigenvalue weighted by Gasteiger charge is -2.08. The third kappa shape index (κ3) is 7.60. The average Bonchev–Trinajstić information content (AvgIpc) is 1.87. The van der Waals surface area contributed by atoms with E-state index in [1.807, 2.05) is 0 Å². The molecule has 0 aromatic carbocycles. The van der Waals surface area contributed by atoms with Gasteiger partial charge in [0.15, 0.2) is 0 Å². The number of aliphatic hydroxyl groups is 1. The highest BCUT2D eigenvalue weighted by Crippen LogP contribution is 2.13. The lowest BCUT2D eigenvalue weighted by atomic mass is 10.00. The molecule has 0 aliphatic heterocycles. The van der Waals surface area contributed by atoms with Crippen LogP contribution in [-0.4, -0.2) is 11.7 Å². The van der Waals surface area contributed by atoms with Crippen molar-refractivity contribution in [2.24, 2.45) is 5.92 Å². The van der Waals surface area contributed by atoms with Gasteiger partial charge in [-0.15, -0.1) is 6.58 Å². The standard InChI is InChI=1S/C10H20O/c1-9(2)5-4-6-10(3)7-8-11/h10-11H,1,4-8H2,2-3H3/t10-/m1/s1. The van der Waals surface area contributed by atoms with Crippen LogP contribution in [-0.2, 0) is 0 Å². The van der Waals surface area contributed by atoms with Crippen molar-refractivity contribution in [3.05, 3.63) is 12.2 Å². The van der Waals surface area contributed by atoms with Crippen LogP contribution in [0.5, 0.6) is 0 Å². The Morgan fingerprint density at radius 3 is 2.55 bits per heavy atom. The van der Waals surface area contributed by atoms with E-state index in [4.69, 9.17) is 5.11 Å². The van der Waals surface area contributed by atoms with Crippen LogP contribution >= 0.6 is 0 Å². The lowest BCUT2D eigenvalue weighted by molar-refractivity contribution is 0.257. The molecule has 1 nitrogen and oxygen atoms in total. The molecule has 0 bridgehead atoms. The molecule has 1 N–H and O–H groups in total. The molecule has 1 atom stereocenters. The summed E-state index contributed by atoms with van der Waals surface area (Å²) in [5.41, 5.74) is 1.26. The summed E-state index contributed by atoms with van der Waals surface area (Å²) in [5.74, 6) is 0.666. The predicted octanol–water partition coefficient (Wildman–Crippen LogP) is 2.75. The van der Waals surface area contributed by atoms with Gasteiger partial charge < -0.3 is 5.11 Å². The maximum atomic E-state index is 8.63. The molecule has 0 heterocycles. The van der Waals surface area contributed by atoms with E-state index in [-0.39, 0.29) is 0 Å². The van der Waals surface area contributed by atoms with Crippen LogP contribution in [0.1, 0.15) is 39.5 Å². The van der Waals surface area contributed by atoms with Crippen LogP contribution in [0.25, 0.3) is 0 Å². The summed E-state index contributed by atoms with van der Waals surface area (Å²) >= 11 is 0. The predicted molar refractivity (Wildman–Crippen MR) is 49.5 cm³/mol. The smallest absolute Gasteiger partial charge is 0.0433 e. The molecule has 11 heavy (non-hydrogen) atoms. The van der Waals surface area contributed by atoms with Gasteiger partial charge in [0.2, 0.25) is 0 Å². The molecule has 0 unspecified atom stereocenters. The second-order valence-electron chi connectivity index (χ2n) is 3.47. The van der Waals surface area contributed by atoms with E-state index >= 15 is 0 Å². The molecule has 0 aliphatic carbocycles. The van der Waals surface area contributed by atoms with Crippen LogP contribution in [0.15, 0.2) is 12.2 Å². The van der Waals surface area contributed by atoms with Gasteiger partial charge in [-0.1, -0.05) is 18.9 Å². The number of hydrogen-bond donors (Lipinski definition) is 1. The molecule has 0 amide bonds. The molecular formula is C10H20O. The number of rotatable bonds is 6. The Morgan fingerprint density at radius 1 is 1.45 bits per heavy atom. The molecule has 0 saturated heterocycles. The van der Waals surface area contributed by atoms with Crippen molar-refractivity contribution in [2.75, 3.05) is 6.61 Å². The number of aliphatic hydroxyl groups excluding tert-OH is 1. The van der Waals surface area contributed by atoms with Crippen molar-refractivity contribution in [1.82, 2.24) is 0 Å². The van der Waals surface area contributed by atoms with Gasteiger partial charge in [-0.05, 0) is 32.1 Å². The molecule has 1 heteroatoms. The minimum absolute atomic E-state index is 0.328. The van der Waals surface area contributed by atoms with Crippen LogP contribution in [0.2, 0.25) is 0 Å². The maximum absolute atomic E-state index is 8.63. The van der Waals surface area contributed by atoms with E-state index < -0.39 is 0 Å². The molecule has 0 aromatic rings. The van der Waals surface area contributed by atoms with Crippen LogP contribution < -0.4 is 0 Å². The van der Waals surface area contributed by atoms with Crippen LogP contribution in [0.4, 0.5) is 0 Å². The first-order chi connectivity index (χ1) is 5.16. The number of hydrogen-bond acceptors (Lipinski definition) is 1. The Kier molecular flexibility index (Phi) is 6.24. The van der Waals surface area contributed by atoms with Gasteiger partial charge in [0.1, 0.15) is 0 Å². The van der Waals surface area contributed by atoms with Gasteiger partial charge in [0.05, 0.1) is 0 Å². The van der Waals surface area contributed by atoms with Crippen molar-refractivity contribution < 1.29 is 5.11 Å². The fourth-order valence-electron chi connectivity index (χ4n) is 1.12. The van der Waals surface area contributed by atoms with Crippen molar-refractivity contribution >= 4 is 0 Å². The summed E-state index contributed by atoms with van der Waals surface area (Å²) in [5, 5.41) is 8.63. The van der Waals surface area contributed by atoms with Gasteiger partial charge in [-0.25, -0.2) is 0 Å². The zero-order valence-corrected chi connectivity index (χ0v) is 7.77. The quantitative estimate of drug-likeness (QED) is 0.586. The molecular weight excluding hydrogens is 136 g/mol. The van der Waals surface area contributed by atoms with E-state index in [2.05, 4.69) is 20.4 Å². The zero-order valence-electron chi connectivity index (χ0n) is 7.77. The highest BCUT2D eigenvalue weighted by Gasteiger charge is 1.99. The molecule has 0 rings (SSSR count). The summed E-state index contributed by atoms with van der Waals surface area (Å²) in [6.45, 7) is 8.43. The Hall–Kier alpha value is -0.300. The Morgan fingerprint density at radius 2 is 2.09 bits per heavy atom. The fourth-order valence-corrected chi connectivity index (χ4v) is 1.12. The first-order valence-electron chi connectivity index (χ1n) is 4.42. The fraction of sp³-hybridized carbons (Fsp3) is 0.800. The Balaban J connectivity index is 3.16. The zero-order chi connectivity index (χ0) is 8.69. The summed E-state index contributed by atoms with van der Waals surface area (Å²) < 4.78 is 0. The summed E-state index contributed by atoms with van der Waals surface area (Å²) in [7, 11) is 0. The van der Waals surface area contributed by atoms with E-state index in [0.717, 1.165) is 12.8 Å². The summed E-state index contributed by atoms with van der Waals surface area (Å²) in [6, 6.07) is 0. The molecule has 0 aromatic heterocycles. The third-order valence-corrected chi connectivity index (χ3v) is 1.92. The SMILES string of the molecule is C=C(C)CCC[C@@H](C)CCO. The summed E-state index contributed by atoms with van der Waals surface area (Å²) in [4.78, 5) is 0. The van der Waals surface area contributed by atoms with Crippen molar-refractivity contribution in [2.45, 2.75) is 39.5 Å². The minimum atomic E-state index is 0.328. The van der Waals surface area contributed by atoms with Gasteiger partial charge >= 0.3 is 0 Å². The normalized spacial score (nSPS) is 13.0. The average molecular weight is 156 g/mol. The van der Waals surface area contributed by atoms with E-state index in [0.29, 0.717) is 12.5 Å². The largest absolute Gasteiger partial charge is 0.396 e. The van der Waals surface area contributed by atoms with Gasteiger partial charge in [-0.3, -0.25) is 0 Å². The highest BCUT2D eigenvalue weighted by molar-refractivity contribution is 4.87. The molecule has 0 saturated carbocycles. The maximum Gasteiger partial charge on any atom is 0.0433 e. The van der Waals surface area contributed by atoms with Crippen LogP contribution in [0, 0.1) is 5.92 Å².